The molecular weight excluding hydrogens is 269 g/mol. The highest BCUT2D eigenvalue weighted by Gasteiger charge is 2.00. The number of benzene rings is 1. The zero-order chi connectivity index (χ0) is 7.56. The Kier molecular flexibility index (Phi) is 2.73. The van der Waals surface area contributed by atoms with Gasteiger partial charge in [0.05, 0.1) is 5.02 Å². The van der Waals surface area contributed by atoms with Gasteiger partial charge in [-0.3, -0.25) is 0 Å². The lowest BCUT2D eigenvalue weighted by Gasteiger charge is -1.97. The van der Waals surface area contributed by atoms with Crippen molar-refractivity contribution in [2.75, 3.05) is 0 Å². The zero-order valence-corrected chi connectivity index (χ0v) is 7.69. The van der Waals surface area contributed by atoms with Crippen LogP contribution in [0.3, 0.4) is 0 Å². The molecule has 0 aliphatic rings. The summed E-state index contributed by atoms with van der Waals surface area (Å²) in [4.78, 5) is 0. The molecule has 54 valence electrons. The van der Waals surface area contributed by atoms with Gasteiger partial charge in [-0.25, -0.2) is 4.39 Å². The van der Waals surface area contributed by atoms with Crippen molar-refractivity contribution in [1.29, 1.82) is 0 Å². The molecule has 10 heavy (non-hydrogen) atoms. The molecule has 0 N–H and O–H groups in total. The smallest absolute Gasteiger partial charge is 0.192 e. The van der Waals surface area contributed by atoms with E-state index < -0.39 is 0 Å². The lowest BCUT2D eigenvalue weighted by molar-refractivity contribution is 0.622. The molecule has 0 unspecified atom stereocenters. The maximum atomic E-state index is 12.3. The van der Waals surface area contributed by atoms with Crippen molar-refractivity contribution in [3.05, 3.63) is 29.0 Å². The number of halogens is 3. The molecule has 1 nitrogen and oxygen atoms in total. The summed E-state index contributed by atoms with van der Waals surface area (Å²) in [6.07, 6.45) is 0. The van der Waals surface area contributed by atoms with Crippen molar-refractivity contribution in [1.82, 2.24) is 0 Å². The Balaban J connectivity index is 3.07. The van der Waals surface area contributed by atoms with Gasteiger partial charge in [0.25, 0.3) is 0 Å². The summed E-state index contributed by atoms with van der Waals surface area (Å²) in [5, 5.41) is 0.286. The van der Waals surface area contributed by atoms with Crippen LogP contribution in [0.2, 0.25) is 5.02 Å². The lowest BCUT2D eigenvalue weighted by atomic mass is 10.3. The molecule has 0 heterocycles. The van der Waals surface area contributed by atoms with Crippen molar-refractivity contribution >= 4 is 34.6 Å². The van der Waals surface area contributed by atoms with E-state index in [9.17, 15) is 4.39 Å². The van der Waals surface area contributed by atoms with E-state index >= 15 is 0 Å². The predicted molar refractivity (Wildman–Crippen MR) is 46.1 cm³/mol. The Hall–Kier alpha value is -0.0300. The Morgan fingerprint density at radius 3 is 2.70 bits per heavy atom. The summed E-state index contributed by atoms with van der Waals surface area (Å²) in [5.74, 6) is 0.117. The first-order valence-electron chi connectivity index (χ1n) is 2.47. The van der Waals surface area contributed by atoms with Gasteiger partial charge in [0, 0.05) is 0 Å². The highest BCUT2D eigenvalue weighted by molar-refractivity contribution is 14.1. The summed E-state index contributed by atoms with van der Waals surface area (Å²) in [7, 11) is 0. The van der Waals surface area contributed by atoms with E-state index in [1.165, 1.54) is 18.2 Å². The molecule has 0 fully saturated rings. The Morgan fingerprint density at radius 2 is 2.20 bits per heavy atom. The molecule has 0 spiro atoms. The summed E-state index contributed by atoms with van der Waals surface area (Å²) >= 11 is 7.24. The fourth-order valence-corrected chi connectivity index (χ4v) is 1.26. The van der Waals surface area contributed by atoms with E-state index in [1.807, 2.05) is 0 Å². The molecule has 0 atom stereocenters. The van der Waals surface area contributed by atoms with Gasteiger partial charge in [0.2, 0.25) is 0 Å². The van der Waals surface area contributed by atoms with Crippen LogP contribution in [0, 0.1) is 5.82 Å². The van der Waals surface area contributed by atoms with E-state index in [2.05, 4.69) is 0 Å². The number of hydrogen-bond donors (Lipinski definition) is 0. The van der Waals surface area contributed by atoms with Crippen LogP contribution >= 0.6 is 34.6 Å². The van der Waals surface area contributed by atoms with Gasteiger partial charge in [-0.05, 0) is 18.2 Å². The van der Waals surface area contributed by atoms with Gasteiger partial charge in [0.1, 0.15) is 5.82 Å². The second-order valence-electron chi connectivity index (χ2n) is 1.65. The number of hydrogen-bond acceptors (Lipinski definition) is 1. The molecule has 0 aliphatic carbocycles. The van der Waals surface area contributed by atoms with E-state index in [-0.39, 0.29) is 10.8 Å². The van der Waals surface area contributed by atoms with Gasteiger partial charge in [0.15, 0.2) is 28.8 Å². The van der Waals surface area contributed by atoms with E-state index in [4.69, 9.17) is 14.7 Å². The van der Waals surface area contributed by atoms with Crippen LogP contribution in [0.1, 0.15) is 0 Å². The van der Waals surface area contributed by atoms with Crippen molar-refractivity contribution in [2.24, 2.45) is 0 Å². The summed E-state index contributed by atoms with van der Waals surface area (Å²) < 4.78 is 17.1. The molecule has 1 aromatic carbocycles. The molecule has 0 amide bonds. The van der Waals surface area contributed by atoms with Crippen LogP contribution in [-0.4, -0.2) is 0 Å². The minimum atomic E-state index is -0.359. The van der Waals surface area contributed by atoms with Crippen LogP contribution < -0.4 is 3.07 Å². The highest BCUT2D eigenvalue weighted by Crippen LogP contribution is 2.25. The average molecular weight is 272 g/mol. The van der Waals surface area contributed by atoms with Gasteiger partial charge < -0.3 is 3.07 Å². The first-order chi connectivity index (χ1) is 4.74. The van der Waals surface area contributed by atoms with Crippen molar-refractivity contribution in [3.63, 3.8) is 0 Å². The molecule has 0 saturated carbocycles. The summed E-state index contributed by atoms with van der Waals surface area (Å²) in [5.41, 5.74) is 0. The van der Waals surface area contributed by atoms with Crippen LogP contribution in [0.4, 0.5) is 4.39 Å². The SMILES string of the molecule is Fc1ccc(OI)c(Cl)c1. The summed E-state index contributed by atoms with van der Waals surface area (Å²) in [6, 6.07) is 3.97. The Bertz CT molecular complexity index is 241. The second kappa shape index (κ2) is 3.39. The third-order valence-electron chi connectivity index (χ3n) is 0.977. The summed E-state index contributed by atoms with van der Waals surface area (Å²) in [6.45, 7) is 0. The van der Waals surface area contributed by atoms with Crippen LogP contribution in [0.5, 0.6) is 5.75 Å². The maximum Gasteiger partial charge on any atom is 0.192 e. The highest BCUT2D eigenvalue weighted by atomic mass is 127. The normalized spacial score (nSPS) is 9.50. The van der Waals surface area contributed by atoms with Crippen molar-refractivity contribution in [2.45, 2.75) is 0 Å². The van der Waals surface area contributed by atoms with E-state index in [0.29, 0.717) is 5.75 Å². The van der Waals surface area contributed by atoms with E-state index in [0.717, 1.165) is 0 Å². The minimum Gasteiger partial charge on any atom is -0.426 e. The molecule has 1 rings (SSSR count). The van der Waals surface area contributed by atoms with E-state index in [1.54, 1.807) is 23.0 Å². The quantitative estimate of drug-likeness (QED) is 0.713. The molecule has 0 radical (unpaired) electrons. The van der Waals surface area contributed by atoms with Crippen molar-refractivity contribution in [3.8, 4) is 5.75 Å². The average Bonchev–Trinajstić information content (AvgIpc) is 1.88. The van der Waals surface area contributed by atoms with Gasteiger partial charge >= 0.3 is 0 Å². The third-order valence-corrected chi connectivity index (χ3v) is 1.75. The monoisotopic (exact) mass is 272 g/mol. The first kappa shape index (κ1) is 8.07. The van der Waals surface area contributed by atoms with Crippen LogP contribution in [0.25, 0.3) is 0 Å². The fraction of sp³-hybridized carbons (Fsp3) is 0. The lowest BCUT2D eigenvalue weighted by Crippen LogP contribution is -1.77. The molecule has 0 bridgehead atoms. The zero-order valence-electron chi connectivity index (χ0n) is 4.77. The molecule has 0 aromatic heterocycles. The molecular formula is C6H3ClFIO. The van der Waals surface area contributed by atoms with Gasteiger partial charge in [-0.1, -0.05) is 11.6 Å². The molecule has 4 heteroatoms. The minimum absolute atomic E-state index is 0.286. The van der Waals surface area contributed by atoms with Crippen molar-refractivity contribution < 1.29 is 7.46 Å². The topological polar surface area (TPSA) is 9.23 Å². The van der Waals surface area contributed by atoms with Crippen LogP contribution in [0.15, 0.2) is 18.2 Å². The Morgan fingerprint density at radius 1 is 1.50 bits per heavy atom. The standard InChI is InChI=1S/C6H3ClFIO/c7-5-3-4(8)1-2-6(5)10-9/h1-3H. The van der Waals surface area contributed by atoms with Gasteiger partial charge in [-0.2, -0.15) is 0 Å². The molecule has 0 saturated heterocycles. The largest absolute Gasteiger partial charge is 0.426 e. The predicted octanol–water partition coefficient (Wildman–Crippen LogP) is 3.21. The van der Waals surface area contributed by atoms with Gasteiger partial charge in [-0.15, -0.1) is 0 Å². The molecule has 0 aliphatic heterocycles. The Labute approximate surface area is 76.8 Å². The van der Waals surface area contributed by atoms with Crippen LogP contribution in [-0.2, 0) is 0 Å². The third kappa shape index (κ3) is 1.73. The fourth-order valence-electron chi connectivity index (χ4n) is 0.538. The maximum absolute atomic E-state index is 12.3. The first-order valence-corrected chi connectivity index (χ1v) is 3.73. The molecule has 1 aromatic rings. The number of rotatable bonds is 1. The second-order valence-corrected chi connectivity index (χ2v) is 2.50.